The number of amides is 1. The Balaban J connectivity index is 1.50. The lowest BCUT2D eigenvalue weighted by Gasteiger charge is -2.35. The van der Waals surface area contributed by atoms with Gasteiger partial charge in [-0.2, -0.15) is 0 Å². The maximum absolute atomic E-state index is 12.9. The number of benzene rings is 1. The molecule has 2 aromatic rings. The molecule has 0 bridgehead atoms. The van der Waals surface area contributed by atoms with Crippen molar-refractivity contribution in [3.05, 3.63) is 40.6 Å². The summed E-state index contributed by atoms with van der Waals surface area (Å²) in [6.45, 7) is 3.08. The van der Waals surface area contributed by atoms with E-state index in [1.54, 1.807) is 24.4 Å². The minimum atomic E-state index is -0.312. The van der Waals surface area contributed by atoms with Crippen LogP contribution in [0.15, 0.2) is 30.5 Å². The lowest BCUT2D eigenvalue weighted by Crippen LogP contribution is -2.43. The van der Waals surface area contributed by atoms with Crippen LogP contribution in [0.1, 0.15) is 38.5 Å². The third-order valence-electron chi connectivity index (χ3n) is 6.02. The Hall–Kier alpha value is -2.70. The number of nitrogens with zero attached hydrogens (tertiary/aromatic N) is 4. The van der Waals surface area contributed by atoms with Crippen LogP contribution in [-0.2, 0) is 4.79 Å². The van der Waals surface area contributed by atoms with Gasteiger partial charge in [0.1, 0.15) is 5.69 Å². The van der Waals surface area contributed by atoms with Crippen LogP contribution in [0.2, 0.25) is 0 Å². The predicted molar refractivity (Wildman–Crippen MR) is 108 cm³/mol. The van der Waals surface area contributed by atoms with E-state index in [-0.39, 0.29) is 22.4 Å². The summed E-state index contributed by atoms with van der Waals surface area (Å²) in [6.07, 6.45) is 7.76. The van der Waals surface area contributed by atoms with E-state index in [2.05, 4.69) is 9.88 Å². The summed E-state index contributed by atoms with van der Waals surface area (Å²) in [6, 6.07) is 7.11. The van der Waals surface area contributed by atoms with E-state index in [0.29, 0.717) is 29.7 Å². The number of hydrogen-bond donors (Lipinski definition) is 0. The molecule has 0 radical (unpaired) electrons. The Bertz CT molecular complexity index is 869. The lowest BCUT2D eigenvalue weighted by molar-refractivity contribution is -0.382. The van der Waals surface area contributed by atoms with E-state index in [1.165, 1.54) is 12.8 Å². The second kappa shape index (κ2) is 8.12. The quantitative estimate of drug-likeness (QED) is 0.596. The van der Waals surface area contributed by atoms with Crippen LogP contribution in [0.3, 0.4) is 0 Å². The van der Waals surface area contributed by atoms with Crippen molar-refractivity contribution in [3.8, 4) is 0 Å². The van der Waals surface area contributed by atoms with Crippen LogP contribution in [0, 0.1) is 16.0 Å². The van der Waals surface area contributed by atoms with Crippen LogP contribution >= 0.6 is 0 Å². The van der Waals surface area contributed by atoms with E-state index in [9.17, 15) is 14.9 Å². The van der Waals surface area contributed by atoms with Crippen molar-refractivity contribution >= 4 is 28.2 Å². The number of nitro benzene ring substituents is 1. The van der Waals surface area contributed by atoms with Gasteiger partial charge in [-0.05, 0) is 49.9 Å². The number of anilines is 1. The van der Waals surface area contributed by atoms with Crippen LogP contribution in [0.25, 0.3) is 10.9 Å². The molecular weight excluding hydrogens is 356 g/mol. The number of hydrogen-bond acceptors (Lipinski definition) is 5. The number of pyridine rings is 1. The highest BCUT2D eigenvalue weighted by molar-refractivity contribution is 5.94. The summed E-state index contributed by atoms with van der Waals surface area (Å²) in [4.78, 5) is 32.7. The van der Waals surface area contributed by atoms with Gasteiger partial charge in [0.05, 0.1) is 15.8 Å². The van der Waals surface area contributed by atoms with Gasteiger partial charge in [-0.25, -0.2) is 0 Å². The molecule has 1 aromatic carbocycles. The van der Waals surface area contributed by atoms with Crippen molar-refractivity contribution in [1.29, 1.82) is 0 Å². The number of carbonyl (C=O) groups excluding carboxylic acids is 1. The van der Waals surface area contributed by atoms with Crippen molar-refractivity contribution in [2.24, 2.45) is 5.92 Å². The largest absolute Gasteiger partial charge is 0.366 e. The average Bonchev–Trinajstić information content (AvgIpc) is 3.02. The second-order valence-electron chi connectivity index (χ2n) is 7.76. The average molecular weight is 382 g/mol. The Morgan fingerprint density at radius 3 is 2.43 bits per heavy atom. The van der Waals surface area contributed by atoms with Gasteiger partial charge < -0.3 is 9.80 Å². The molecular formula is C21H26N4O3. The Kier molecular flexibility index (Phi) is 5.41. The molecule has 2 aliphatic rings. The highest BCUT2D eigenvalue weighted by Gasteiger charge is 2.31. The number of piperidine rings is 1. The SMILES string of the molecule is O=C(C1CCN(c2ccc3ncccc3c2[N+](=O)[O-])CC1)N1CCCCCC1. The van der Waals surface area contributed by atoms with E-state index < -0.39 is 0 Å². The lowest BCUT2D eigenvalue weighted by atomic mass is 9.94. The minimum absolute atomic E-state index is 0.0375. The molecule has 3 heterocycles. The first-order valence-electron chi connectivity index (χ1n) is 10.2. The van der Waals surface area contributed by atoms with Crippen LogP contribution in [0.4, 0.5) is 11.4 Å². The first kappa shape index (κ1) is 18.7. The molecule has 7 heteroatoms. The third kappa shape index (κ3) is 3.66. The molecule has 0 aliphatic carbocycles. The second-order valence-corrected chi connectivity index (χ2v) is 7.76. The Morgan fingerprint density at radius 2 is 1.75 bits per heavy atom. The van der Waals surface area contributed by atoms with E-state index in [0.717, 1.165) is 38.8 Å². The van der Waals surface area contributed by atoms with Crippen LogP contribution in [0.5, 0.6) is 0 Å². The van der Waals surface area contributed by atoms with E-state index in [4.69, 9.17) is 0 Å². The zero-order valence-electron chi connectivity index (χ0n) is 16.0. The van der Waals surface area contributed by atoms with Gasteiger partial charge in [-0.3, -0.25) is 19.9 Å². The topological polar surface area (TPSA) is 79.6 Å². The normalized spacial score (nSPS) is 18.9. The first-order chi connectivity index (χ1) is 13.6. The van der Waals surface area contributed by atoms with Gasteiger partial charge in [-0.15, -0.1) is 0 Å². The molecule has 1 aromatic heterocycles. The van der Waals surface area contributed by atoms with Crippen molar-refractivity contribution < 1.29 is 9.72 Å². The van der Waals surface area contributed by atoms with Crippen molar-refractivity contribution in [2.45, 2.75) is 38.5 Å². The van der Waals surface area contributed by atoms with Crippen molar-refractivity contribution in [3.63, 3.8) is 0 Å². The molecule has 0 unspecified atom stereocenters. The summed E-state index contributed by atoms with van der Waals surface area (Å²) in [5, 5.41) is 12.3. The Morgan fingerprint density at radius 1 is 1.04 bits per heavy atom. The molecule has 2 fully saturated rings. The van der Waals surface area contributed by atoms with Crippen LogP contribution in [-0.4, -0.2) is 46.9 Å². The van der Waals surface area contributed by atoms with Crippen molar-refractivity contribution in [2.75, 3.05) is 31.1 Å². The van der Waals surface area contributed by atoms with Gasteiger partial charge in [0.25, 0.3) is 0 Å². The van der Waals surface area contributed by atoms with Gasteiger partial charge in [0.2, 0.25) is 5.91 Å². The monoisotopic (exact) mass is 382 g/mol. The maximum atomic E-state index is 12.9. The van der Waals surface area contributed by atoms with Gasteiger partial charge in [0, 0.05) is 38.3 Å². The Labute approximate surface area is 164 Å². The van der Waals surface area contributed by atoms with Crippen molar-refractivity contribution in [1.82, 2.24) is 9.88 Å². The first-order valence-corrected chi connectivity index (χ1v) is 10.2. The highest BCUT2D eigenvalue weighted by Crippen LogP contribution is 2.37. The molecule has 1 amide bonds. The molecule has 28 heavy (non-hydrogen) atoms. The number of aromatic nitrogens is 1. The van der Waals surface area contributed by atoms with Gasteiger partial charge >= 0.3 is 5.69 Å². The molecule has 148 valence electrons. The summed E-state index contributed by atoms with van der Waals surface area (Å²) < 4.78 is 0. The number of nitro groups is 1. The fourth-order valence-electron chi connectivity index (χ4n) is 4.49. The zero-order valence-corrected chi connectivity index (χ0v) is 16.0. The number of carbonyl (C=O) groups is 1. The van der Waals surface area contributed by atoms with E-state index >= 15 is 0 Å². The number of rotatable bonds is 3. The number of fused-ring (bicyclic) bond motifs is 1. The smallest absolute Gasteiger partial charge is 0.301 e. The molecule has 0 spiro atoms. The summed E-state index contributed by atoms with van der Waals surface area (Å²) >= 11 is 0. The van der Waals surface area contributed by atoms with Crippen LogP contribution < -0.4 is 4.90 Å². The minimum Gasteiger partial charge on any atom is -0.366 e. The van der Waals surface area contributed by atoms with E-state index in [1.807, 2.05) is 11.0 Å². The fraction of sp³-hybridized carbons (Fsp3) is 0.524. The summed E-state index contributed by atoms with van der Waals surface area (Å²) in [5.41, 5.74) is 1.37. The summed E-state index contributed by atoms with van der Waals surface area (Å²) in [7, 11) is 0. The maximum Gasteiger partial charge on any atom is 0.301 e. The zero-order chi connectivity index (χ0) is 19.5. The fourth-order valence-corrected chi connectivity index (χ4v) is 4.49. The van der Waals surface area contributed by atoms with Gasteiger partial charge in [-0.1, -0.05) is 12.8 Å². The molecule has 0 saturated carbocycles. The molecule has 4 rings (SSSR count). The summed E-state index contributed by atoms with van der Waals surface area (Å²) in [5.74, 6) is 0.314. The molecule has 2 saturated heterocycles. The molecule has 0 N–H and O–H groups in total. The van der Waals surface area contributed by atoms with Gasteiger partial charge in [0.15, 0.2) is 0 Å². The standard InChI is InChI=1S/C21H26N4O3/c26-21(24-12-3-1-2-4-13-24)16-9-14-23(15-10-16)19-8-7-18-17(6-5-11-22-18)20(19)25(27)28/h5-8,11,16H,1-4,9-10,12-15H2. The number of likely N-dealkylation sites (tertiary alicyclic amines) is 1. The third-order valence-corrected chi connectivity index (χ3v) is 6.02. The predicted octanol–water partition coefficient (Wildman–Crippen LogP) is 3.76. The highest BCUT2D eigenvalue weighted by atomic mass is 16.6. The molecule has 2 aliphatic heterocycles. The molecule has 0 atom stereocenters. The molecule has 7 nitrogen and oxygen atoms in total.